The maximum absolute atomic E-state index is 11.9. The number of hydrogen-bond donors (Lipinski definition) is 2. The first kappa shape index (κ1) is 15.3. The molecule has 0 bridgehead atoms. The summed E-state index contributed by atoms with van der Waals surface area (Å²) in [6, 6.07) is 4.10. The molecule has 2 N–H and O–H groups in total. The van der Waals surface area contributed by atoms with Gasteiger partial charge in [0.1, 0.15) is 0 Å². The Morgan fingerprint density at radius 1 is 1.40 bits per heavy atom. The van der Waals surface area contributed by atoms with Gasteiger partial charge in [-0.3, -0.25) is 4.90 Å². The second kappa shape index (κ2) is 7.61. The molecule has 1 aliphatic heterocycles. The van der Waals surface area contributed by atoms with Gasteiger partial charge in [0.05, 0.1) is 19.3 Å². The average Bonchev–Trinajstić information content (AvgIpc) is 2.93. The van der Waals surface area contributed by atoms with Crippen LogP contribution >= 0.6 is 11.3 Å². The van der Waals surface area contributed by atoms with E-state index in [0.717, 1.165) is 32.8 Å². The van der Waals surface area contributed by atoms with Crippen LogP contribution in [0.5, 0.6) is 0 Å². The van der Waals surface area contributed by atoms with E-state index in [1.165, 1.54) is 4.88 Å². The molecule has 0 spiro atoms. The average molecular weight is 297 g/mol. The molecule has 112 valence electrons. The molecular weight excluding hydrogens is 274 g/mol. The topological polar surface area (TPSA) is 53.6 Å². The second-order valence-electron chi connectivity index (χ2n) is 5.17. The van der Waals surface area contributed by atoms with Crippen LogP contribution in [0.3, 0.4) is 0 Å². The molecule has 5 nitrogen and oxygen atoms in total. The minimum atomic E-state index is -0.105. The van der Waals surface area contributed by atoms with Gasteiger partial charge >= 0.3 is 6.03 Å². The third-order valence-corrected chi connectivity index (χ3v) is 4.39. The summed E-state index contributed by atoms with van der Waals surface area (Å²) in [6.45, 7) is 8.36. The molecule has 1 aliphatic rings. The van der Waals surface area contributed by atoms with E-state index in [4.69, 9.17) is 4.74 Å². The normalized spacial score (nSPS) is 19.3. The summed E-state index contributed by atoms with van der Waals surface area (Å²) in [5, 5.41) is 7.98. The van der Waals surface area contributed by atoms with Crippen LogP contribution < -0.4 is 10.6 Å². The van der Waals surface area contributed by atoms with Gasteiger partial charge < -0.3 is 15.4 Å². The van der Waals surface area contributed by atoms with Crippen LogP contribution in [0.15, 0.2) is 17.5 Å². The fourth-order valence-electron chi connectivity index (χ4n) is 2.29. The summed E-state index contributed by atoms with van der Waals surface area (Å²) in [4.78, 5) is 15.4. The van der Waals surface area contributed by atoms with E-state index in [-0.39, 0.29) is 18.1 Å². The number of nitrogens with zero attached hydrogens (tertiary/aromatic N) is 1. The predicted octanol–water partition coefficient (Wildman–Crippen LogP) is 1.83. The van der Waals surface area contributed by atoms with Crippen molar-refractivity contribution in [2.75, 3.05) is 32.8 Å². The number of carbonyl (C=O) groups is 1. The highest BCUT2D eigenvalue weighted by Gasteiger charge is 2.16. The maximum Gasteiger partial charge on any atom is 0.315 e. The van der Waals surface area contributed by atoms with Crippen molar-refractivity contribution < 1.29 is 9.53 Å². The lowest BCUT2D eigenvalue weighted by Crippen LogP contribution is -2.48. The molecule has 6 heteroatoms. The number of thiophene rings is 1. The monoisotopic (exact) mass is 297 g/mol. The molecule has 1 saturated heterocycles. The number of morpholine rings is 1. The first-order chi connectivity index (χ1) is 9.65. The van der Waals surface area contributed by atoms with Gasteiger partial charge in [0.25, 0.3) is 0 Å². The van der Waals surface area contributed by atoms with Crippen molar-refractivity contribution >= 4 is 17.4 Å². The molecule has 2 atom stereocenters. The summed E-state index contributed by atoms with van der Waals surface area (Å²) < 4.78 is 5.32. The van der Waals surface area contributed by atoms with Crippen LogP contribution in [0, 0.1) is 0 Å². The van der Waals surface area contributed by atoms with E-state index in [0.29, 0.717) is 0 Å². The Labute approximate surface area is 124 Å². The number of nitrogens with one attached hydrogen (secondary N) is 2. The van der Waals surface area contributed by atoms with Gasteiger partial charge in [0, 0.05) is 30.6 Å². The summed E-state index contributed by atoms with van der Waals surface area (Å²) in [5.41, 5.74) is 0. The largest absolute Gasteiger partial charge is 0.379 e. The lowest BCUT2D eigenvalue weighted by atomic mass is 10.2. The fourth-order valence-corrected chi connectivity index (χ4v) is 3.02. The maximum atomic E-state index is 11.9. The third-order valence-electron chi connectivity index (χ3n) is 3.33. The molecular formula is C14H23N3O2S. The van der Waals surface area contributed by atoms with Crippen LogP contribution in [-0.4, -0.2) is 49.8 Å². The van der Waals surface area contributed by atoms with Crippen LogP contribution in [0.4, 0.5) is 4.79 Å². The summed E-state index contributed by atoms with van der Waals surface area (Å²) >= 11 is 1.66. The molecule has 1 aromatic heterocycles. The number of carbonyl (C=O) groups excluding carboxylic acids is 1. The molecule has 2 rings (SSSR count). The molecule has 1 fully saturated rings. The van der Waals surface area contributed by atoms with Gasteiger partial charge in [-0.05, 0) is 25.3 Å². The quantitative estimate of drug-likeness (QED) is 0.872. The second-order valence-corrected chi connectivity index (χ2v) is 6.15. The van der Waals surface area contributed by atoms with Gasteiger partial charge in [-0.15, -0.1) is 11.3 Å². The van der Waals surface area contributed by atoms with Crippen molar-refractivity contribution in [2.45, 2.75) is 25.9 Å². The molecule has 2 heterocycles. The number of urea groups is 1. The molecule has 20 heavy (non-hydrogen) atoms. The molecule has 0 aromatic carbocycles. The summed E-state index contributed by atoms with van der Waals surface area (Å²) in [6.07, 6.45) is 0. The van der Waals surface area contributed by atoms with Gasteiger partial charge in [0.15, 0.2) is 0 Å². The van der Waals surface area contributed by atoms with Crippen molar-refractivity contribution in [1.29, 1.82) is 0 Å². The molecule has 2 amide bonds. The Kier molecular flexibility index (Phi) is 5.82. The van der Waals surface area contributed by atoms with Crippen LogP contribution in [-0.2, 0) is 4.74 Å². The van der Waals surface area contributed by atoms with E-state index in [9.17, 15) is 4.79 Å². The van der Waals surface area contributed by atoms with E-state index in [1.54, 1.807) is 11.3 Å². The predicted molar refractivity (Wildman–Crippen MR) is 81.1 cm³/mol. The first-order valence-corrected chi connectivity index (χ1v) is 7.93. The highest BCUT2D eigenvalue weighted by Crippen LogP contribution is 2.17. The molecule has 0 aliphatic carbocycles. The Morgan fingerprint density at radius 3 is 2.80 bits per heavy atom. The number of hydrogen-bond acceptors (Lipinski definition) is 4. The van der Waals surface area contributed by atoms with Crippen molar-refractivity contribution in [2.24, 2.45) is 0 Å². The molecule has 1 aromatic rings. The minimum absolute atomic E-state index is 0.0468. The highest BCUT2D eigenvalue weighted by molar-refractivity contribution is 7.10. The molecule has 2 unspecified atom stereocenters. The first-order valence-electron chi connectivity index (χ1n) is 7.05. The standard InChI is InChI=1S/C14H23N3O2S/c1-11(10-17-5-7-19-8-6-17)15-14(18)16-12(2)13-4-3-9-20-13/h3-4,9,11-12H,5-8,10H2,1-2H3,(H2,15,16,18). The zero-order valence-corrected chi connectivity index (χ0v) is 12.9. The Hall–Kier alpha value is -1.11. The summed E-state index contributed by atoms with van der Waals surface area (Å²) in [5.74, 6) is 0. The zero-order valence-electron chi connectivity index (χ0n) is 12.1. The van der Waals surface area contributed by atoms with Crippen LogP contribution in [0.2, 0.25) is 0 Å². The number of ether oxygens (including phenoxy) is 1. The van der Waals surface area contributed by atoms with E-state index in [2.05, 4.69) is 15.5 Å². The van der Waals surface area contributed by atoms with Crippen molar-refractivity contribution in [3.8, 4) is 0 Å². The minimum Gasteiger partial charge on any atom is -0.379 e. The lowest BCUT2D eigenvalue weighted by molar-refractivity contribution is 0.0349. The SMILES string of the molecule is CC(CN1CCOCC1)NC(=O)NC(C)c1cccs1. The zero-order chi connectivity index (χ0) is 14.4. The third kappa shape index (κ3) is 4.77. The van der Waals surface area contributed by atoms with Gasteiger partial charge in [-0.25, -0.2) is 4.79 Å². The van der Waals surface area contributed by atoms with Crippen molar-refractivity contribution in [3.05, 3.63) is 22.4 Å². The van der Waals surface area contributed by atoms with E-state index in [1.807, 2.05) is 31.4 Å². The van der Waals surface area contributed by atoms with Crippen molar-refractivity contribution in [1.82, 2.24) is 15.5 Å². The van der Waals surface area contributed by atoms with Gasteiger partial charge in [-0.2, -0.15) is 0 Å². The van der Waals surface area contributed by atoms with Crippen molar-refractivity contribution in [3.63, 3.8) is 0 Å². The molecule has 0 saturated carbocycles. The number of amides is 2. The van der Waals surface area contributed by atoms with Crippen LogP contribution in [0.25, 0.3) is 0 Å². The smallest absolute Gasteiger partial charge is 0.315 e. The molecule has 0 radical (unpaired) electrons. The van der Waals surface area contributed by atoms with Crippen LogP contribution in [0.1, 0.15) is 24.8 Å². The Bertz CT molecular complexity index is 405. The highest BCUT2D eigenvalue weighted by atomic mass is 32.1. The van der Waals surface area contributed by atoms with E-state index >= 15 is 0 Å². The van der Waals surface area contributed by atoms with Gasteiger partial charge in [0.2, 0.25) is 0 Å². The van der Waals surface area contributed by atoms with Gasteiger partial charge in [-0.1, -0.05) is 6.07 Å². The summed E-state index contributed by atoms with van der Waals surface area (Å²) in [7, 11) is 0. The Morgan fingerprint density at radius 2 is 2.15 bits per heavy atom. The fraction of sp³-hybridized carbons (Fsp3) is 0.643. The lowest BCUT2D eigenvalue weighted by Gasteiger charge is -2.29. The number of rotatable bonds is 5. The Balaban J connectivity index is 1.70. The van der Waals surface area contributed by atoms with E-state index < -0.39 is 0 Å².